The van der Waals surface area contributed by atoms with Crippen LogP contribution in [0.1, 0.15) is 27.8 Å². The fourth-order valence-electron chi connectivity index (χ4n) is 2.50. The molecule has 3 aromatic rings. The van der Waals surface area contributed by atoms with Crippen LogP contribution in [0.25, 0.3) is 0 Å². The number of aromatic nitrogens is 1. The number of esters is 1. The Morgan fingerprint density at radius 1 is 1.04 bits per heavy atom. The Hall–Kier alpha value is -3.38. The van der Waals surface area contributed by atoms with E-state index in [0.29, 0.717) is 16.4 Å². The molecule has 2 aromatic carbocycles. The summed E-state index contributed by atoms with van der Waals surface area (Å²) in [4.78, 5) is 28.7. The summed E-state index contributed by atoms with van der Waals surface area (Å²) in [5, 5.41) is 6.48. The van der Waals surface area contributed by atoms with Gasteiger partial charge in [-0.25, -0.2) is 9.78 Å². The number of amides is 1. The molecule has 3 rings (SSSR count). The molecule has 1 heterocycles. The van der Waals surface area contributed by atoms with Crippen molar-refractivity contribution < 1.29 is 14.3 Å². The summed E-state index contributed by atoms with van der Waals surface area (Å²) in [5.74, 6) is -0.918. The van der Waals surface area contributed by atoms with Gasteiger partial charge in [0.05, 0.1) is 29.7 Å². The molecule has 142 valence electrons. The number of hydrogen-bond donors (Lipinski definition) is 2. The van der Waals surface area contributed by atoms with Crippen molar-refractivity contribution >= 4 is 40.5 Å². The summed E-state index contributed by atoms with van der Waals surface area (Å²) in [7, 11) is 0. The normalized spacial score (nSPS) is 10.2. The fraction of sp³-hybridized carbons (Fsp3) is 0.0952. The van der Waals surface area contributed by atoms with E-state index in [-0.39, 0.29) is 17.9 Å². The summed E-state index contributed by atoms with van der Waals surface area (Å²) < 4.78 is 5.01. The minimum Gasteiger partial charge on any atom is -0.462 e. The van der Waals surface area contributed by atoms with Gasteiger partial charge < -0.3 is 15.4 Å². The zero-order valence-electron chi connectivity index (χ0n) is 15.1. The van der Waals surface area contributed by atoms with E-state index in [0.717, 1.165) is 5.69 Å². The third-order valence-electron chi connectivity index (χ3n) is 3.78. The molecule has 0 aliphatic rings. The Balaban J connectivity index is 1.71. The molecule has 7 heteroatoms. The number of pyridine rings is 1. The van der Waals surface area contributed by atoms with E-state index >= 15 is 0 Å². The molecule has 6 nitrogen and oxygen atoms in total. The smallest absolute Gasteiger partial charge is 0.340 e. The van der Waals surface area contributed by atoms with Crippen LogP contribution in [-0.2, 0) is 4.74 Å². The molecule has 0 radical (unpaired) electrons. The highest BCUT2D eigenvalue weighted by Gasteiger charge is 2.15. The highest BCUT2D eigenvalue weighted by atomic mass is 35.5. The topological polar surface area (TPSA) is 80.3 Å². The number of nitrogens with zero attached hydrogens (tertiary/aromatic N) is 1. The Morgan fingerprint density at radius 3 is 2.57 bits per heavy atom. The van der Waals surface area contributed by atoms with Crippen LogP contribution < -0.4 is 10.6 Å². The lowest BCUT2D eigenvalue weighted by Gasteiger charge is -2.10. The largest absolute Gasteiger partial charge is 0.462 e. The molecule has 0 aliphatic heterocycles. The molecule has 0 saturated carbocycles. The second-order valence-electron chi connectivity index (χ2n) is 5.79. The summed E-state index contributed by atoms with van der Waals surface area (Å²) in [6, 6.07) is 17.3. The maximum absolute atomic E-state index is 12.5. The third kappa shape index (κ3) is 4.86. The first kappa shape index (κ1) is 19.4. The lowest BCUT2D eigenvalue weighted by atomic mass is 10.1. The number of halogens is 1. The van der Waals surface area contributed by atoms with Crippen LogP contribution >= 0.6 is 11.6 Å². The molecule has 0 bridgehead atoms. The fourth-order valence-corrected chi connectivity index (χ4v) is 2.69. The summed E-state index contributed by atoms with van der Waals surface area (Å²) in [5.41, 5.74) is 2.40. The molecule has 0 fully saturated rings. The van der Waals surface area contributed by atoms with E-state index in [9.17, 15) is 9.59 Å². The van der Waals surface area contributed by atoms with E-state index in [2.05, 4.69) is 15.6 Å². The summed E-state index contributed by atoms with van der Waals surface area (Å²) in [6.45, 7) is 1.98. The summed E-state index contributed by atoms with van der Waals surface area (Å²) in [6.07, 6.45) is 1.55. The van der Waals surface area contributed by atoms with Gasteiger partial charge in [0, 0.05) is 10.7 Å². The first-order chi connectivity index (χ1) is 13.6. The third-order valence-corrected chi connectivity index (χ3v) is 4.02. The van der Waals surface area contributed by atoms with Crippen molar-refractivity contribution in [3.63, 3.8) is 0 Å². The van der Waals surface area contributed by atoms with Crippen molar-refractivity contribution in [2.24, 2.45) is 0 Å². The minimum atomic E-state index is -0.493. The number of carbonyl (C=O) groups excluding carboxylic acids is 2. The number of carbonyl (C=O) groups is 2. The van der Waals surface area contributed by atoms with E-state index in [4.69, 9.17) is 16.3 Å². The first-order valence-corrected chi connectivity index (χ1v) is 9.00. The van der Waals surface area contributed by atoms with Gasteiger partial charge >= 0.3 is 5.97 Å². The molecule has 1 amide bonds. The van der Waals surface area contributed by atoms with Gasteiger partial charge in [0.25, 0.3) is 5.91 Å². The van der Waals surface area contributed by atoms with Crippen LogP contribution in [0.5, 0.6) is 0 Å². The number of ether oxygens (including phenoxy) is 1. The highest BCUT2D eigenvalue weighted by Crippen LogP contribution is 2.20. The van der Waals surface area contributed by atoms with Crippen molar-refractivity contribution in [1.29, 1.82) is 0 Å². The van der Waals surface area contributed by atoms with E-state index < -0.39 is 11.9 Å². The number of nitrogens with one attached hydrogen (secondary N) is 2. The molecule has 2 N–H and O–H groups in total. The number of para-hydroxylation sites is 1. The SMILES string of the molecule is CCOC(=O)c1ccccc1NC(=O)c1ccc(Nc2cccc(Cl)c2)cn1. The van der Waals surface area contributed by atoms with E-state index in [1.165, 1.54) is 0 Å². The lowest BCUT2D eigenvalue weighted by molar-refractivity contribution is 0.0527. The van der Waals surface area contributed by atoms with Crippen molar-refractivity contribution in [3.05, 3.63) is 83.1 Å². The Morgan fingerprint density at radius 2 is 1.86 bits per heavy atom. The van der Waals surface area contributed by atoms with Gasteiger partial charge in [-0.1, -0.05) is 29.8 Å². The molecular formula is C21H18ClN3O3. The molecule has 0 saturated heterocycles. The average molecular weight is 396 g/mol. The quantitative estimate of drug-likeness (QED) is 0.580. The van der Waals surface area contributed by atoms with Crippen LogP contribution in [0.3, 0.4) is 0 Å². The van der Waals surface area contributed by atoms with E-state index in [1.54, 1.807) is 61.7 Å². The molecule has 0 spiro atoms. The maximum Gasteiger partial charge on any atom is 0.340 e. The van der Waals surface area contributed by atoms with Crippen LogP contribution in [0.2, 0.25) is 5.02 Å². The number of rotatable bonds is 6. The molecule has 0 aliphatic carbocycles. The van der Waals surface area contributed by atoms with Gasteiger partial charge in [-0.05, 0) is 49.4 Å². The van der Waals surface area contributed by atoms with Gasteiger partial charge in [-0.3, -0.25) is 4.79 Å². The lowest BCUT2D eigenvalue weighted by Crippen LogP contribution is -2.17. The number of hydrogen-bond acceptors (Lipinski definition) is 5. The van der Waals surface area contributed by atoms with Gasteiger partial charge in [-0.15, -0.1) is 0 Å². The monoisotopic (exact) mass is 395 g/mol. The highest BCUT2D eigenvalue weighted by molar-refractivity contribution is 6.30. The molecule has 28 heavy (non-hydrogen) atoms. The van der Waals surface area contributed by atoms with Gasteiger partial charge in [0.15, 0.2) is 0 Å². The van der Waals surface area contributed by atoms with Crippen molar-refractivity contribution in [1.82, 2.24) is 4.98 Å². The number of benzene rings is 2. The van der Waals surface area contributed by atoms with Crippen LogP contribution in [0, 0.1) is 0 Å². The van der Waals surface area contributed by atoms with Crippen LogP contribution in [0.4, 0.5) is 17.1 Å². The Kier molecular flexibility index (Phi) is 6.24. The summed E-state index contributed by atoms with van der Waals surface area (Å²) >= 11 is 5.97. The first-order valence-electron chi connectivity index (χ1n) is 8.63. The van der Waals surface area contributed by atoms with Gasteiger partial charge in [0.2, 0.25) is 0 Å². The zero-order valence-corrected chi connectivity index (χ0v) is 15.9. The Bertz CT molecular complexity index is 990. The number of anilines is 3. The molecule has 0 atom stereocenters. The second-order valence-corrected chi connectivity index (χ2v) is 6.22. The van der Waals surface area contributed by atoms with E-state index in [1.807, 2.05) is 12.1 Å². The van der Waals surface area contributed by atoms with Crippen molar-refractivity contribution in [3.8, 4) is 0 Å². The van der Waals surface area contributed by atoms with Crippen molar-refractivity contribution in [2.45, 2.75) is 6.92 Å². The standard InChI is InChI=1S/C21H18ClN3O3/c1-2-28-21(27)17-8-3-4-9-18(17)25-20(26)19-11-10-16(13-23-19)24-15-7-5-6-14(22)12-15/h3-13,24H,2H2,1H3,(H,25,26). The van der Waals surface area contributed by atoms with Crippen LogP contribution in [-0.4, -0.2) is 23.5 Å². The van der Waals surface area contributed by atoms with Crippen molar-refractivity contribution in [2.75, 3.05) is 17.2 Å². The van der Waals surface area contributed by atoms with Crippen LogP contribution in [0.15, 0.2) is 66.9 Å². The maximum atomic E-state index is 12.5. The molecule has 1 aromatic heterocycles. The Labute approximate surface area is 167 Å². The van der Waals surface area contributed by atoms with Gasteiger partial charge in [0.1, 0.15) is 5.69 Å². The predicted molar refractivity (Wildman–Crippen MR) is 109 cm³/mol. The minimum absolute atomic E-state index is 0.218. The zero-order chi connectivity index (χ0) is 19.9. The predicted octanol–water partition coefficient (Wildman–Crippen LogP) is 4.91. The van der Waals surface area contributed by atoms with Gasteiger partial charge in [-0.2, -0.15) is 0 Å². The second kappa shape index (κ2) is 9.01. The molecular weight excluding hydrogens is 378 g/mol. The average Bonchev–Trinajstić information content (AvgIpc) is 2.69. The molecule has 0 unspecified atom stereocenters.